The van der Waals surface area contributed by atoms with E-state index < -0.39 is 0 Å². The van der Waals surface area contributed by atoms with Crippen molar-refractivity contribution in [1.29, 1.82) is 0 Å². The van der Waals surface area contributed by atoms with Gasteiger partial charge < -0.3 is 4.57 Å². The predicted octanol–water partition coefficient (Wildman–Crippen LogP) is 1.13. The molecule has 2 rings (SSSR count). The molecule has 0 amide bonds. The van der Waals surface area contributed by atoms with E-state index in [1.54, 1.807) is 24.6 Å². The topological polar surface area (TPSA) is 63.6 Å². The van der Waals surface area contributed by atoms with Crippen LogP contribution in [0.4, 0.5) is 0 Å². The smallest absolute Gasteiger partial charge is 0.275 e. The van der Waals surface area contributed by atoms with Crippen LogP contribution >= 0.6 is 11.6 Å². The highest BCUT2D eigenvalue weighted by molar-refractivity contribution is 6.29. The van der Waals surface area contributed by atoms with Crippen molar-refractivity contribution >= 4 is 11.6 Å². The van der Waals surface area contributed by atoms with Gasteiger partial charge in [0.2, 0.25) is 0 Å². The zero-order valence-electron chi connectivity index (χ0n) is 8.28. The number of aryl methyl sites for hydroxylation is 1. The lowest BCUT2D eigenvalue weighted by molar-refractivity contribution is 0.902. The van der Waals surface area contributed by atoms with Crippen LogP contribution in [0.25, 0.3) is 11.4 Å². The van der Waals surface area contributed by atoms with E-state index in [1.165, 1.54) is 6.20 Å². The summed E-state index contributed by atoms with van der Waals surface area (Å²) in [5, 5.41) is 6.68. The molecule has 2 heterocycles. The summed E-state index contributed by atoms with van der Waals surface area (Å²) < 4.78 is 1.64. The number of imidazole rings is 1. The molecule has 6 heteroatoms. The van der Waals surface area contributed by atoms with Crippen molar-refractivity contribution in [1.82, 2.24) is 19.7 Å². The first-order valence-corrected chi connectivity index (χ1v) is 4.71. The van der Waals surface area contributed by atoms with Crippen molar-refractivity contribution in [2.75, 3.05) is 0 Å². The van der Waals surface area contributed by atoms with Crippen molar-refractivity contribution in [3.8, 4) is 11.4 Å². The Kier molecular flexibility index (Phi) is 2.32. The van der Waals surface area contributed by atoms with Gasteiger partial charge >= 0.3 is 0 Å². The third kappa shape index (κ3) is 1.66. The summed E-state index contributed by atoms with van der Waals surface area (Å²) in [5.74, 6) is 0.534. The number of aromatic amines is 1. The number of rotatable bonds is 1. The van der Waals surface area contributed by atoms with Gasteiger partial charge in [-0.3, -0.25) is 4.79 Å². The Morgan fingerprint density at radius 3 is 2.87 bits per heavy atom. The lowest BCUT2D eigenvalue weighted by atomic mass is 10.2. The number of hydrogen-bond acceptors (Lipinski definition) is 3. The van der Waals surface area contributed by atoms with Crippen molar-refractivity contribution in [2.24, 2.45) is 7.05 Å². The Balaban J connectivity index is 2.69. The minimum Gasteiger partial charge on any atom is -0.318 e. The summed E-state index contributed by atoms with van der Waals surface area (Å²) in [5.41, 5.74) is 0.923. The molecule has 0 aliphatic carbocycles. The van der Waals surface area contributed by atoms with Crippen molar-refractivity contribution < 1.29 is 0 Å². The summed E-state index contributed by atoms with van der Waals surface area (Å²) in [4.78, 5) is 15.6. The van der Waals surface area contributed by atoms with E-state index in [4.69, 9.17) is 11.6 Å². The third-order valence-corrected chi connectivity index (χ3v) is 2.46. The van der Waals surface area contributed by atoms with Crippen molar-refractivity contribution in [3.05, 3.63) is 33.5 Å². The molecule has 0 aliphatic heterocycles. The van der Waals surface area contributed by atoms with Crippen molar-refractivity contribution in [2.45, 2.75) is 6.92 Å². The van der Waals surface area contributed by atoms with E-state index in [0.29, 0.717) is 16.5 Å². The Bertz CT molecular complexity index is 557. The van der Waals surface area contributed by atoms with Crippen LogP contribution < -0.4 is 5.56 Å². The summed E-state index contributed by atoms with van der Waals surface area (Å²) in [6.45, 7) is 1.80. The van der Waals surface area contributed by atoms with E-state index in [0.717, 1.165) is 5.69 Å². The average Bonchev–Trinajstić information content (AvgIpc) is 2.52. The zero-order valence-corrected chi connectivity index (χ0v) is 9.04. The molecule has 0 aromatic carbocycles. The minimum atomic E-state index is -0.272. The van der Waals surface area contributed by atoms with Gasteiger partial charge in [0.1, 0.15) is 11.0 Å². The number of hydrogen-bond donors (Lipinski definition) is 1. The standard InChI is InChI=1S/C9H9ClN4O/c1-5-3-6(9(15)13-12-5)8-11-4-7(10)14(8)2/h3-4H,1-2H3,(H,13,15). The van der Waals surface area contributed by atoms with E-state index in [-0.39, 0.29) is 5.56 Å². The van der Waals surface area contributed by atoms with Gasteiger partial charge in [0.05, 0.1) is 17.5 Å². The van der Waals surface area contributed by atoms with Gasteiger partial charge in [-0.1, -0.05) is 11.6 Å². The molecule has 15 heavy (non-hydrogen) atoms. The fraction of sp³-hybridized carbons (Fsp3) is 0.222. The van der Waals surface area contributed by atoms with Gasteiger partial charge in [-0.15, -0.1) is 0 Å². The molecule has 0 bridgehead atoms. The quantitative estimate of drug-likeness (QED) is 0.790. The monoisotopic (exact) mass is 224 g/mol. The summed E-state index contributed by atoms with van der Waals surface area (Å²) in [6, 6.07) is 1.68. The number of H-pyrrole nitrogens is 1. The Morgan fingerprint density at radius 2 is 2.27 bits per heavy atom. The molecule has 0 radical (unpaired) electrons. The molecule has 1 N–H and O–H groups in total. The van der Waals surface area contributed by atoms with Gasteiger partial charge in [0.15, 0.2) is 0 Å². The van der Waals surface area contributed by atoms with Gasteiger partial charge in [-0.2, -0.15) is 5.10 Å². The second-order valence-corrected chi connectivity index (χ2v) is 3.60. The van der Waals surface area contributed by atoms with Crippen LogP contribution in [0, 0.1) is 6.92 Å². The Labute approximate surface area is 90.7 Å². The number of nitrogens with zero attached hydrogens (tertiary/aromatic N) is 3. The average molecular weight is 225 g/mol. The van der Waals surface area contributed by atoms with Gasteiger partial charge in [-0.25, -0.2) is 10.1 Å². The van der Waals surface area contributed by atoms with Crippen LogP contribution in [-0.4, -0.2) is 19.7 Å². The van der Waals surface area contributed by atoms with Crippen LogP contribution in [0.2, 0.25) is 5.15 Å². The van der Waals surface area contributed by atoms with Gasteiger partial charge in [0.25, 0.3) is 5.56 Å². The minimum absolute atomic E-state index is 0.272. The summed E-state index contributed by atoms with van der Waals surface area (Å²) in [7, 11) is 1.75. The molecular formula is C9H9ClN4O. The fourth-order valence-electron chi connectivity index (χ4n) is 1.31. The Morgan fingerprint density at radius 1 is 1.53 bits per heavy atom. The van der Waals surface area contributed by atoms with E-state index in [1.807, 2.05) is 0 Å². The molecule has 2 aromatic heterocycles. The normalized spacial score (nSPS) is 10.6. The van der Waals surface area contributed by atoms with E-state index in [9.17, 15) is 4.79 Å². The van der Waals surface area contributed by atoms with Crippen LogP contribution in [0.3, 0.4) is 0 Å². The molecular weight excluding hydrogens is 216 g/mol. The second kappa shape index (κ2) is 3.51. The second-order valence-electron chi connectivity index (χ2n) is 3.22. The van der Waals surface area contributed by atoms with Crippen LogP contribution in [0.15, 0.2) is 17.1 Å². The SMILES string of the molecule is Cc1cc(-c2ncc(Cl)n2C)c(=O)[nH]n1. The van der Waals surface area contributed by atoms with Crippen LogP contribution in [-0.2, 0) is 7.05 Å². The maximum absolute atomic E-state index is 11.5. The Hall–Kier alpha value is -1.62. The van der Waals surface area contributed by atoms with Crippen molar-refractivity contribution in [3.63, 3.8) is 0 Å². The van der Waals surface area contributed by atoms with E-state index in [2.05, 4.69) is 15.2 Å². The number of nitrogens with one attached hydrogen (secondary N) is 1. The molecule has 0 spiro atoms. The van der Waals surface area contributed by atoms with Gasteiger partial charge in [-0.05, 0) is 13.0 Å². The molecule has 0 saturated carbocycles. The number of halogens is 1. The van der Waals surface area contributed by atoms with Gasteiger partial charge in [0, 0.05) is 7.05 Å². The van der Waals surface area contributed by atoms with Crippen LogP contribution in [0.5, 0.6) is 0 Å². The molecule has 2 aromatic rings. The fourth-order valence-corrected chi connectivity index (χ4v) is 1.44. The maximum Gasteiger partial charge on any atom is 0.275 e. The highest BCUT2D eigenvalue weighted by atomic mass is 35.5. The zero-order chi connectivity index (χ0) is 11.0. The first-order valence-electron chi connectivity index (χ1n) is 4.33. The highest BCUT2D eigenvalue weighted by Gasteiger charge is 2.11. The molecule has 0 atom stereocenters. The predicted molar refractivity (Wildman–Crippen MR) is 56.8 cm³/mol. The number of aromatic nitrogens is 4. The molecule has 0 saturated heterocycles. The molecule has 78 valence electrons. The van der Waals surface area contributed by atoms with E-state index >= 15 is 0 Å². The molecule has 0 aliphatic rings. The molecule has 5 nitrogen and oxygen atoms in total. The first-order chi connectivity index (χ1) is 7.09. The first kappa shape index (κ1) is 9.92. The largest absolute Gasteiger partial charge is 0.318 e. The van der Waals surface area contributed by atoms with Crippen LogP contribution in [0.1, 0.15) is 5.69 Å². The highest BCUT2D eigenvalue weighted by Crippen LogP contribution is 2.17. The maximum atomic E-state index is 11.5. The molecule has 0 fully saturated rings. The summed E-state index contributed by atoms with van der Waals surface area (Å²) >= 11 is 5.84. The lowest BCUT2D eigenvalue weighted by Crippen LogP contribution is -2.13. The lowest BCUT2D eigenvalue weighted by Gasteiger charge is -2.01. The third-order valence-electron chi connectivity index (χ3n) is 2.10. The summed E-state index contributed by atoms with van der Waals surface area (Å²) in [6.07, 6.45) is 1.51. The molecule has 0 unspecified atom stereocenters.